The van der Waals surface area contributed by atoms with Crippen molar-refractivity contribution in [1.82, 2.24) is 19.6 Å². The van der Waals surface area contributed by atoms with Crippen LogP contribution in [-0.2, 0) is 17.5 Å². The lowest BCUT2D eigenvalue weighted by molar-refractivity contribution is -0.141. The molecule has 0 radical (unpaired) electrons. The molecule has 1 N–H and O–H groups in total. The van der Waals surface area contributed by atoms with Crippen molar-refractivity contribution < 1.29 is 22.4 Å². The number of aromatic nitrogens is 4. The van der Waals surface area contributed by atoms with Gasteiger partial charge in [-0.25, -0.2) is 4.39 Å². The summed E-state index contributed by atoms with van der Waals surface area (Å²) in [4.78, 5) is 12.6. The van der Waals surface area contributed by atoms with E-state index < -0.39 is 34.7 Å². The number of hydrogen-bond acceptors (Lipinski definition) is 3. The Labute approximate surface area is 188 Å². The zero-order chi connectivity index (χ0) is 23.1. The van der Waals surface area contributed by atoms with E-state index in [0.717, 1.165) is 4.68 Å². The second kappa shape index (κ2) is 8.68. The highest BCUT2D eigenvalue weighted by molar-refractivity contribution is 6.33. The van der Waals surface area contributed by atoms with Gasteiger partial charge in [-0.15, -0.1) is 0 Å². The molecule has 0 aliphatic rings. The molecule has 0 aliphatic carbocycles. The molecule has 31 heavy (non-hydrogen) atoms. The maximum absolute atomic E-state index is 14.0. The third-order valence-electron chi connectivity index (χ3n) is 4.43. The molecule has 0 aliphatic heterocycles. The van der Waals surface area contributed by atoms with Crippen molar-refractivity contribution in [2.45, 2.75) is 32.6 Å². The molecule has 3 rings (SSSR count). The molecule has 0 spiro atoms. The van der Waals surface area contributed by atoms with Crippen LogP contribution in [0.25, 0.3) is 0 Å². The summed E-state index contributed by atoms with van der Waals surface area (Å²) in [6.07, 6.45) is -3.41. The predicted molar refractivity (Wildman–Crippen MR) is 108 cm³/mol. The third-order valence-corrected chi connectivity index (χ3v) is 5.52. The molecule has 1 atom stereocenters. The number of benzene rings is 1. The standard InChI is InChI=1S/C18H14Cl3F4N5O/c1-8-14(21)15(18(23,24)25)27-30(8)9(2)17(31)26-16-12(20)7-29(28-16)6-10-11(19)4-3-5-13(10)22/h3-5,7,9H,6H2,1-2H3,(H,26,28,31). The summed E-state index contributed by atoms with van der Waals surface area (Å²) in [5.41, 5.74) is -1.13. The van der Waals surface area contributed by atoms with Gasteiger partial charge in [0, 0.05) is 16.8 Å². The van der Waals surface area contributed by atoms with Crippen LogP contribution < -0.4 is 5.32 Å². The first kappa shape index (κ1) is 23.4. The van der Waals surface area contributed by atoms with Crippen molar-refractivity contribution in [2.75, 3.05) is 5.32 Å². The summed E-state index contributed by atoms with van der Waals surface area (Å²) in [6, 6.07) is 3.06. The predicted octanol–water partition coefficient (Wildman–Crippen LogP) is 5.75. The van der Waals surface area contributed by atoms with Crippen LogP contribution in [-0.4, -0.2) is 25.5 Å². The monoisotopic (exact) mass is 497 g/mol. The molecule has 13 heteroatoms. The average Bonchev–Trinajstić information content (AvgIpc) is 3.17. The Balaban J connectivity index is 1.80. The van der Waals surface area contributed by atoms with Gasteiger partial charge in [0.15, 0.2) is 11.5 Å². The van der Waals surface area contributed by atoms with Gasteiger partial charge in [-0.3, -0.25) is 14.2 Å². The van der Waals surface area contributed by atoms with E-state index in [4.69, 9.17) is 34.8 Å². The van der Waals surface area contributed by atoms with E-state index in [1.165, 1.54) is 42.9 Å². The Morgan fingerprint density at radius 3 is 2.45 bits per heavy atom. The number of carbonyl (C=O) groups excluding carboxylic acids is 1. The van der Waals surface area contributed by atoms with Gasteiger partial charge < -0.3 is 5.32 Å². The highest BCUT2D eigenvalue weighted by Gasteiger charge is 2.39. The highest BCUT2D eigenvalue weighted by Crippen LogP contribution is 2.36. The average molecular weight is 499 g/mol. The minimum Gasteiger partial charge on any atom is -0.306 e. The number of anilines is 1. The summed E-state index contributed by atoms with van der Waals surface area (Å²) in [7, 11) is 0. The van der Waals surface area contributed by atoms with E-state index >= 15 is 0 Å². The quantitative estimate of drug-likeness (QED) is 0.455. The summed E-state index contributed by atoms with van der Waals surface area (Å²) in [6.45, 7) is 2.60. The van der Waals surface area contributed by atoms with Crippen molar-refractivity contribution in [2.24, 2.45) is 0 Å². The maximum Gasteiger partial charge on any atom is 0.436 e. The van der Waals surface area contributed by atoms with Crippen molar-refractivity contribution >= 4 is 46.5 Å². The molecule has 6 nitrogen and oxygen atoms in total. The molecule has 1 amide bonds. The number of halogens is 7. The molecule has 1 unspecified atom stereocenters. The lowest BCUT2D eigenvalue weighted by Gasteiger charge is -2.13. The first-order valence-electron chi connectivity index (χ1n) is 8.68. The van der Waals surface area contributed by atoms with Crippen LogP contribution in [0, 0.1) is 12.7 Å². The molecule has 2 heterocycles. The Bertz CT molecular complexity index is 1120. The van der Waals surface area contributed by atoms with Crippen LogP contribution in [0.1, 0.15) is 29.9 Å². The highest BCUT2D eigenvalue weighted by atomic mass is 35.5. The summed E-state index contributed by atoms with van der Waals surface area (Å²) in [5, 5.41) is 9.58. The van der Waals surface area contributed by atoms with E-state index in [1.807, 2.05) is 0 Å². The normalized spacial score (nSPS) is 12.8. The SMILES string of the molecule is Cc1c(Cl)c(C(F)(F)F)nn1C(C)C(=O)Nc1nn(Cc2c(F)cccc2Cl)cc1Cl. The molecule has 0 bridgehead atoms. The summed E-state index contributed by atoms with van der Waals surface area (Å²) >= 11 is 17.8. The zero-order valence-corrected chi connectivity index (χ0v) is 18.2. The lowest BCUT2D eigenvalue weighted by Crippen LogP contribution is -2.26. The third kappa shape index (κ3) is 4.81. The van der Waals surface area contributed by atoms with Crippen LogP contribution in [0.4, 0.5) is 23.4 Å². The number of nitrogens with one attached hydrogen (secondary N) is 1. The second-order valence-electron chi connectivity index (χ2n) is 6.58. The summed E-state index contributed by atoms with van der Waals surface area (Å²) in [5.74, 6) is -1.32. The number of carbonyl (C=O) groups is 1. The zero-order valence-electron chi connectivity index (χ0n) is 15.9. The fraction of sp³-hybridized carbons (Fsp3) is 0.278. The minimum atomic E-state index is -4.76. The first-order chi connectivity index (χ1) is 14.4. The van der Waals surface area contributed by atoms with Crippen LogP contribution in [0.5, 0.6) is 0 Å². The van der Waals surface area contributed by atoms with E-state index in [-0.39, 0.29) is 33.7 Å². The van der Waals surface area contributed by atoms with Gasteiger partial charge in [0.2, 0.25) is 5.91 Å². The van der Waals surface area contributed by atoms with E-state index in [1.54, 1.807) is 0 Å². The smallest absolute Gasteiger partial charge is 0.306 e. The molecule has 166 valence electrons. The molecule has 0 saturated carbocycles. The van der Waals surface area contributed by atoms with Gasteiger partial charge in [0.25, 0.3) is 0 Å². The molecule has 0 saturated heterocycles. The first-order valence-corrected chi connectivity index (χ1v) is 9.82. The fourth-order valence-electron chi connectivity index (χ4n) is 2.80. The van der Waals surface area contributed by atoms with E-state index in [0.29, 0.717) is 0 Å². The maximum atomic E-state index is 14.0. The molecule has 1 aromatic carbocycles. The lowest BCUT2D eigenvalue weighted by atomic mass is 10.2. The van der Waals surface area contributed by atoms with Gasteiger partial charge >= 0.3 is 6.18 Å². The fourth-order valence-corrected chi connectivity index (χ4v) is 3.45. The van der Waals surface area contributed by atoms with E-state index in [9.17, 15) is 22.4 Å². The molecular formula is C18H14Cl3F4N5O. The van der Waals surface area contributed by atoms with Crippen molar-refractivity contribution in [1.29, 1.82) is 0 Å². The number of amides is 1. The Kier molecular flexibility index (Phi) is 6.54. The van der Waals surface area contributed by atoms with Crippen LogP contribution in [0.15, 0.2) is 24.4 Å². The Morgan fingerprint density at radius 1 is 1.19 bits per heavy atom. The molecule has 3 aromatic rings. The van der Waals surface area contributed by atoms with Gasteiger partial charge in [0.1, 0.15) is 16.9 Å². The van der Waals surface area contributed by atoms with Gasteiger partial charge in [0.05, 0.1) is 17.3 Å². The van der Waals surface area contributed by atoms with Crippen LogP contribution >= 0.6 is 34.8 Å². The largest absolute Gasteiger partial charge is 0.436 e. The number of alkyl halides is 3. The van der Waals surface area contributed by atoms with Crippen LogP contribution in [0.3, 0.4) is 0 Å². The van der Waals surface area contributed by atoms with E-state index in [2.05, 4.69) is 15.5 Å². The van der Waals surface area contributed by atoms with Crippen molar-refractivity contribution in [3.8, 4) is 0 Å². The van der Waals surface area contributed by atoms with Crippen LogP contribution in [0.2, 0.25) is 15.1 Å². The molecule has 2 aromatic heterocycles. The number of hydrogen-bond donors (Lipinski definition) is 1. The minimum absolute atomic E-state index is 0.0255. The van der Waals surface area contributed by atoms with Crippen molar-refractivity contribution in [3.05, 3.63) is 62.2 Å². The van der Waals surface area contributed by atoms with Gasteiger partial charge in [-0.1, -0.05) is 40.9 Å². The summed E-state index contributed by atoms with van der Waals surface area (Å²) < 4.78 is 55.2. The van der Waals surface area contributed by atoms with Gasteiger partial charge in [-0.05, 0) is 26.0 Å². The topological polar surface area (TPSA) is 64.7 Å². The Morgan fingerprint density at radius 2 is 1.87 bits per heavy atom. The number of nitrogens with zero attached hydrogens (tertiary/aromatic N) is 4. The molecule has 0 fully saturated rings. The number of rotatable bonds is 5. The van der Waals surface area contributed by atoms with Crippen molar-refractivity contribution in [3.63, 3.8) is 0 Å². The van der Waals surface area contributed by atoms with Gasteiger partial charge in [-0.2, -0.15) is 23.4 Å². The Hall–Kier alpha value is -2.30. The molecular weight excluding hydrogens is 485 g/mol. The second-order valence-corrected chi connectivity index (χ2v) is 7.77.